The lowest BCUT2D eigenvalue weighted by Crippen LogP contribution is -2.33. The van der Waals surface area contributed by atoms with E-state index in [2.05, 4.69) is 0 Å². The molecule has 0 aliphatic heterocycles. The molecule has 4 heteroatoms. The van der Waals surface area contributed by atoms with Gasteiger partial charge < -0.3 is 22.9 Å². The first kappa shape index (κ1) is 16.7. The smallest absolute Gasteiger partial charge is 0.00430 e. The fourth-order valence-corrected chi connectivity index (χ4v) is 6.46. The topological polar surface area (TPSA) is 104 Å². The van der Waals surface area contributed by atoms with Crippen LogP contribution in [0.4, 0.5) is 0 Å². The molecule has 4 aliphatic rings. The standard InChI is InChI=1S/2C9H18N2/c10-4-7-1-6-2-8(5-11)9(7)3-6;10-4-8-6-1-2-7(3-6)9(8)5-11/h2*6-9H,1-5,10-11H2. The lowest BCUT2D eigenvalue weighted by atomic mass is 9.79. The van der Waals surface area contributed by atoms with Crippen molar-refractivity contribution in [1.29, 1.82) is 0 Å². The van der Waals surface area contributed by atoms with Gasteiger partial charge in [0.05, 0.1) is 0 Å². The van der Waals surface area contributed by atoms with Gasteiger partial charge in [0.25, 0.3) is 0 Å². The second kappa shape index (κ2) is 7.16. The Morgan fingerprint density at radius 1 is 0.591 bits per heavy atom. The molecular formula is C18H36N4. The normalized spacial score (nSPS) is 48.5. The molecule has 0 aromatic heterocycles. The minimum atomic E-state index is 0.763. The highest BCUT2D eigenvalue weighted by molar-refractivity contribution is 4.97. The Morgan fingerprint density at radius 3 is 1.45 bits per heavy atom. The maximum Gasteiger partial charge on any atom is -0.00430 e. The van der Waals surface area contributed by atoms with E-state index in [1.165, 1.54) is 38.5 Å². The lowest BCUT2D eigenvalue weighted by Gasteiger charge is -2.28. The molecule has 0 spiro atoms. The Labute approximate surface area is 135 Å². The fourth-order valence-electron chi connectivity index (χ4n) is 6.46. The highest BCUT2D eigenvalue weighted by Gasteiger charge is 2.46. The van der Waals surface area contributed by atoms with Crippen LogP contribution in [0.15, 0.2) is 0 Å². The van der Waals surface area contributed by atoms with E-state index in [-0.39, 0.29) is 0 Å². The van der Waals surface area contributed by atoms with Crippen molar-refractivity contribution in [1.82, 2.24) is 0 Å². The molecular weight excluding hydrogens is 272 g/mol. The van der Waals surface area contributed by atoms with Crippen LogP contribution in [0.1, 0.15) is 38.5 Å². The van der Waals surface area contributed by atoms with Crippen molar-refractivity contribution in [3.05, 3.63) is 0 Å². The molecule has 4 fully saturated rings. The van der Waals surface area contributed by atoms with Crippen molar-refractivity contribution >= 4 is 0 Å². The molecule has 128 valence electrons. The number of fused-ring (bicyclic) bond motifs is 4. The molecule has 22 heavy (non-hydrogen) atoms. The molecule has 0 heterocycles. The van der Waals surface area contributed by atoms with Crippen molar-refractivity contribution in [2.75, 3.05) is 26.2 Å². The van der Waals surface area contributed by atoms with Gasteiger partial charge in [0.15, 0.2) is 0 Å². The summed E-state index contributed by atoms with van der Waals surface area (Å²) in [5.74, 6) is 6.86. The molecule has 0 amide bonds. The maximum atomic E-state index is 5.73. The maximum absolute atomic E-state index is 5.73. The van der Waals surface area contributed by atoms with Gasteiger partial charge in [0.2, 0.25) is 0 Å². The van der Waals surface area contributed by atoms with Crippen LogP contribution < -0.4 is 22.9 Å². The van der Waals surface area contributed by atoms with Gasteiger partial charge in [0, 0.05) is 0 Å². The average Bonchev–Trinajstić information content (AvgIpc) is 3.32. The van der Waals surface area contributed by atoms with E-state index in [9.17, 15) is 0 Å². The summed E-state index contributed by atoms with van der Waals surface area (Å²) < 4.78 is 0. The second-order valence-electron chi connectivity index (χ2n) is 8.36. The quantitative estimate of drug-likeness (QED) is 0.625. The third-order valence-electron chi connectivity index (χ3n) is 7.51. The van der Waals surface area contributed by atoms with Gasteiger partial charge in [-0.15, -0.1) is 0 Å². The summed E-state index contributed by atoms with van der Waals surface area (Å²) in [6.07, 6.45) is 8.45. The van der Waals surface area contributed by atoms with Gasteiger partial charge in [-0.25, -0.2) is 0 Å². The van der Waals surface area contributed by atoms with Crippen LogP contribution in [0.2, 0.25) is 0 Å². The van der Waals surface area contributed by atoms with E-state index < -0.39 is 0 Å². The Hall–Kier alpha value is -0.160. The van der Waals surface area contributed by atoms with Crippen molar-refractivity contribution in [3.8, 4) is 0 Å². The molecule has 0 saturated heterocycles. The molecule has 4 bridgehead atoms. The summed E-state index contributed by atoms with van der Waals surface area (Å²) in [4.78, 5) is 0. The Morgan fingerprint density at radius 2 is 1.09 bits per heavy atom. The van der Waals surface area contributed by atoms with Gasteiger partial charge >= 0.3 is 0 Å². The Balaban J connectivity index is 0.000000131. The van der Waals surface area contributed by atoms with E-state index in [1.807, 2.05) is 0 Å². The Kier molecular flexibility index (Phi) is 5.43. The zero-order valence-electron chi connectivity index (χ0n) is 14.0. The van der Waals surface area contributed by atoms with Crippen molar-refractivity contribution < 1.29 is 0 Å². The van der Waals surface area contributed by atoms with Crippen molar-refractivity contribution in [2.24, 2.45) is 70.3 Å². The van der Waals surface area contributed by atoms with E-state index in [0.717, 1.165) is 73.5 Å². The minimum absolute atomic E-state index is 0.763. The lowest BCUT2D eigenvalue weighted by molar-refractivity contribution is 0.234. The molecule has 6 atom stereocenters. The SMILES string of the molecule is NCC1C2CCC(C2)C1CN.NCC1CC2CC(CN)C1C2. The summed E-state index contributed by atoms with van der Waals surface area (Å²) in [5, 5.41) is 0. The van der Waals surface area contributed by atoms with Crippen LogP contribution in [0.5, 0.6) is 0 Å². The summed E-state index contributed by atoms with van der Waals surface area (Å²) in [6, 6.07) is 0. The molecule has 4 rings (SSSR count). The molecule has 4 aliphatic carbocycles. The van der Waals surface area contributed by atoms with Crippen LogP contribution in [0.3, 0.4) is 0 Å². The van der Waals surface area contributed by atoms with Gasteiger partial charge in [-0.1, -0.05) is 0 Å². The molecule has 4 nitrogen and oxygen atoms in total. The highest BCUT2D eigenvalue weighted by Crippen LogP contribution is 2.51. The van der Waals surface area contributed by atoms with Gasteiger partial charge in [-0.05, 0) is 112 Å². The summed E-state index contributed by atoms with van der Waals surface area (Å²) >= 11 is 0. The average molecular weight is 309 g/mol. The molecule has 6 unspecified atom stereocenters. The minimum Gasteiger partial charge on any atom is -0.330 e. The zero-order chi connectivity index (χ0) is 15.7. The largest absolute Gasteiger partial charge is 0.330 e. The monoisotopic (exact) mass is 308 g/mol. The van der Waals surface area contributed by atoms with Crippen LogP contribution >= 0.6 is 0 Å². The molecule has 0 aromatic carbocycles. The van der Waals surface area contributed by atoms with Gasteiger partial charge in [-0.3, -0.25) is 0 Å². The molecule has 0 radical (unpaired) electrons. The first-order valence-corrected chi connectivity index (χ1v) is 9.52. The summed E-state index contributed by atoms with van der Waals surface area (Å²) in [6.45, 7) is 3.50. The van der Waals surface area contributed by atoms with Crippen molar-refractivity contribution in [2.45, 2.75) is 38.5 Å². The van der Waals surface area contributed by atoms with Gasteiger partial charge in [0.1, 0.15) is 0 Å². The van der Waals surface area contributed by atoms with Gasteiger partial charge in [-0.2, -0.15) is 0 Å². The second-order valence-corrected chi connectivity index (χ2v) is 8.36. The molecule has 4 saturated carbocycles. The predicted octanol–water partition coefficient (Wildman–Crippen LogP) is 1.13. The number of nitrogens with two attached hydrogens (primary N) is 4. The number of rotatable bonds is 4. The zero-order valence-corrected chi connectivity index (χ0v) is 14.0. The fraction of sp³-hybridized carbons (Fsp3) is 1.00. The summed E-state index contributed by atoms with van der Waals surface area (Å²) in [7, 11) is 0. The highest BCUT2D eigenvalue weighted by atomic mass is 14.7. The van der Waals surface area contributed by atoms with E-state index >= 15 is 0 Å². The van der Waals surface area contributed by atoms with E-state index in [0.29, 0.717) is 0 Å². The Bertz CT molecular complexity index is 331. The van der Waals surface area contributed by atoms with E-state index in [1.54, 1.807) is 0 Å². The summed E-state index contributed by atoms with van der Waals surface area (Å²) in [5.41, 5.74) is 22.9. The first-order chi connectivity index (χ1) is 10.7. The predicted molar refractivity (Wildman–Crippen MR) is 91.8 cm³/mol. The van der Waals surface area contributed by atoms with Crippen LogP contribution in [0, 0.1) is 47.3 Å². The van der Waals surface area contributed by atoms with Crippen LogP contribution in [-0.2, 0) is 0 Å². The third-order valence-corrected chi connectivity index (χ3v) is 7.51. The van der Waals surface area contributed by atoms with Crippen molar-refractivity contribution in [3.63, 3.8) is 0 Å². The van der Waals surface area contributed by atoms with Crippen LogP contribution in [-0.4, -0.2) is 26.2 Å². The van der Waals surface area contributed by atoms with Crippen LogP contribution in [0.25, 0.3) is 0 Å². The first-order valence-electron chi connectivity index (χ1n) is 9.52. The third kappa shape index (κ3) is 2.95. The molecule has 0 aromatic rings. The number of hydrogen-bond donors (Lipinski definition) is 4. The van der Waals surface area contributed by atoms with E-state index in [4.69, 9.17) is 22.9 Å². The number of hydrogen-bond acceptors (Lipinski definition) is 4. The molecule has 8 N–H and O–H groups in total.